The molecule has 1 atom stereocenters. The third kappa shape index (κ3) is 3.17. The zero-order chi connectivity index (χ0) is 14.7. The molecule has 112 valence electrons. The van der Waals surface area contributed by atoms with Gasteiger partial charge in [0.2, 0.25) is 0 Å². The van der Waals surface area contributed by atoms with E-state index in [1.54, 1.807) is 0 Å². The van der Waals surface area contributed by atoms with Crippen molar-refractivity contribution < 1.29 is 4.74 Å². The van der Waals surface area contributed by atoms with Crippen molar-refractivity contribution in [2.24, 2.45) is 5.73 Å². The summed E-state index contributed by atoms with van der Waals surface area (Å²) >= 11 is 0. The smallest absolute Gasteiger partial charge is 0.0749 e. The summed E-state index contributed by atoms with van der Waals surface area (Å²) in [6.45, 7) is 2.27. The van der Waals surface area contributed by atoms with Crippen molar-refractivity contribution in [3.8, 4) is 0 Å². The minimum Gasteiger partial charge on any atom is -0.376 e. The zero-order valence-corrected chi connectivity index (χ0v) is 12.6. The lowest BCUT2D eigenvalue weighted by atomic mass is 10.1. The number of para-hydroxylation sites is 1. The van der Waals surface area contributed by atoms with Crippen LogP contribution in [-0.2, 0) is 11.3 Å². The topological polar surface area (TPSA) is 51.4 Å². The van der Waals surface area contributed by atoms with Crippen molar-refractivity contribution in [3.05, 3.63) is 36.0 Å². The Morgan fingerprint density at radius 3 is 2.95 bits per heavy atom. The lowest BCUT2D eigenvalue weighted by molar-refractivity contribution is 0.0216. The van der Waals surface area contributed by atoms with E-state index in [0.717, 1.165) is 30.8 Å². The Hall–Kier alpha value is -1.65. The Labute approximate surface area is 125 Å². The normalized spacial score (nSPS) is 18.9. The Morgan fingerprint density at radius 1 is 1.33 bits per heavy atom. The predicted octanol–water partition coefficient (Wildman–Crippen LogP) is 2.70. The second kappa shape index (κ2) is 6.41. The summed E-state index contributed by atoms with van der Waals surface area (Å²) in [5.41, 5.74) is 8.92. The molecule has 1 aromatic heterocycles. The Morgan fingerprint density at radius 2 is 2.19 bits per heavy atom. The molecule has 2 aromatic rings. The van der Waals surface area contributed by atoms with Gasteiger partial charge in [0.1, 0.15) is 0 Å². The minimum atomic E-state index is 0.331. The Bertz CT molecular complexity index is 608. The summed E-state index contributed by atoms with van der Waals surface area (Å²) < 4.78 is 5.86. The fourth-order valence-electron chi connectivity index (χ4n) is 2.99. The summed E-state index contributed by atoms with van der Waals surface area (Å²) in [7, 11) is 2.13. The first-order valence-corrected chi connectivity index (χ1v) is 7.69. The van der Waals surface area contributed by atoms with Crippen LogP contribution in [-0.4, -0.2) is 31.3 Å². The Balaban J connectivity index is 1.90. The second-order valence-electron chi connectivity index (χ2n) is 5.72. The number of anilines is 1. The van der Waals surface area contributed by atoms with Crippen molar-refractivity contribution in [1.82, 2.24) is 4.98 Å². The lowest BCUT2D eigenvalue weighted by Crippen LogP contribution is -2.33. The van der Waals surface area contributed by atoms with E-state index in [0.29, 0.717) is 12.6 Å². The molecule has 1 saturated heterocycles. The molecule has 0 saturated carbocycles. The fraction of sp³-hybridized carbons (Fsp3) is 0.471. The highest BCUT2D eigenvalue weighted by Gasteiger charge is 2.17. The van der Waals surface area contributed by atoms with Crippen LogP contribution >= 0.6 is 0 Å². The maximum atomic E-state index is 5.86. The molecule has 4 heteroatoms. The number of benzene rings is 1. The molecular formula is C17H23N3O. The first-order valence-electron chi connectivity index (χ1n) is 7.69. The average Bonchev–Trinajstić information content (AvgIpc) is 2.54. The van der Waals surface area contributed by atoms with Crippen molar-refractivity contribution >= 4 is 16.6 Å². The third-order valence-corrected chi connectivity index (χ3v) is 4.12. The number of aromatic nitrogens is 1. The van der Waals surface area contributed by atoms with Gasteiger partial charge in [0.25, 0.3) is 0 Å². The first-order chi connectivity index (χ1) is 10.3. The maximum absolute atomic E-state index is 5.86. The van der Waals surface area contributed by atoms with Crippen LogP contribution in [0.5, 0.6) is 0 Å². The molecular weight excluding hydrogens is 262 g/mol. The summed E-state index contributed by atoms with van der Waals surface area (Å²) in [6, 6.07) is 10.3. The van der Waals surface area contributed by atoms with Crippen LogP contribution in [0.25, 0.3) is 10.9 Å². The SMILES string of the molecule is CN(CC1CCCCO1)c1cc(CN)nc2ccccc12. The molecule has 0 radical (unpaired) electrons. The number of pyridine rings is 1. The fourth-order valence-corrected chi connectivity index (χ4v) is 2.99. The van der Waals surface area contributed by atoms with Crippen LogP contribution in [0.1, 0.15) is 25.0 Å². The van der Waals surface area contributed by atoms with E-state index in [1.165, 1.54) is 23.9 Å². The van der Waals surface area contributed by atoms with Crippen LogP contribution in [0.4, 0.5) is 5.69 Å². The van der Waals surface area contributed by atoms with Crippen molar-refractivity contribution in [2.45, 2.75) is 31.9 Å². The average molecular weight is 285 g/mol. The molecule has 1 unspecified atom stereocenters. The van der Waals surface area contributed by atoms with Gasteiger partial charge in [-0.1, -0.05) is 18.2 Å². The highest BCUT2D eigenvalue weighted by molar-refractivity contribution is 5.91. The molecule has 1 aromatic carbocycles. The molecule has 1 aliphatic heterocycles. The van der Waals surface area contributed by atoms with Crippen LogP contribution in [0.3, 0.4) is 0 Å². The molecule has 4 nitrogen and oxygen atoms in total. The molecule has 0 aliphatic carbocycles. The van der Waals surface area contributed by atoms with E-state index in [4.69, 9.17) is 10.5 Å². The van der Waals surface area contributed by atoms with Crippen molar-refractivity contribution in [1.29, 1.82) is 0 Å². The van der Waals surface area contributed by atoms with Gasteiger partial charge in [-0.05, 0) is 31.4 Å². The van der Waals surface area contributed by atoms with Gasteiger partial charge >= 0.3 is 0 Å². The van der Waals surface area contributed by atoms with E-state index < -0.39 is 0 Å². The lowest BCUT2D eigenvalue weighted by Gasteiger charge is -2.29. The first kappa shape index (κ1) is 14.3. The van der Waals surface area contributed by atoms with Crippen molar-refractivity contribution in [3.63, 3.8) is 0 Å². The predicted molar refractivity (Wildman–Crippen MR) is 86.5 cm³/mol. The highest BCUT2D eigenvalue weighted by Crippen LogP contribution is 2.27. The minimum absolute atomic E-state index is 0.331. The van der Waals surface area contributed by atoms with Gasteiger partial charge in [-0.25, -0.2) is 0 Å². The third-order valence-electron chi connectivity index (χ3n) is 4.12. The van der Waals surface area contributed by atoms with Gasteiger partial charge in [0.15, 0.2) is 0 Å². The monoisotopic (exact) mass is 285 g/mol. The summed E-state index contributed by atoms with van der Waals surface area (Å²) in [6.07, 6.45) is 3.94. The van der Waals surface area contributed by atoms with Crippen LogP contribution < -0.4 is 10.6 Å². The number of likely N-dealkylation sites (N-methyl/N-ethyl adjacent to an activating group) is 1. The number of rotatable bonds is 4. The van der Waals surface area contributed by atoms with Gasteiger partial charge in [-0.3, -0.25) is 4.98 Å². The van der Waals surface area contributed by atoms with Crippen LogP contribution in [0.15, 0.2) is 30.3 Å². The number of nitrogens with two attached hydrogens (primary N) is 1. The molecule has 2 N–H and O–H groups in total. The number of ether oxygens (including phenoxy) is 1. The number of nitrogens with zero attached hydrogens (tertiary/aromatic N) is 2. The molecule has 2 heterocycles. The van der Waals surface area contributed by atoms with E-state index in [-0.39, 0.29) is 0 Å². The van der Waals surface area contributed by atoms with E-state index >= 15 is 0 Å². The van der Waals surface area contributed by atoms with E-state index in [2.05, 4.69) is 35.1 Å². The molecule has 3 rings (SSSR count). The second-order valence-corrected chi connectivity index (χ2v) is 5.72. The van der Waals surface area contributed by atoms with Crippen molar-refractivity contribution in [2.75, 3.05) is 25.1 Å². The number of hydrogen-bond donors (Lipinski definition) is 1. The number of fused-ring (bicyclic) bond motifs is 1. The van der Waals surface area contributed by atoms with E-state index in [9.17, 15) is 0 Å². The quantitative estimate of drug-likeness (QED) is 0.938. The van der Waals surface area contributed by atoms with Crippen LogP contribution in [0, 0.1) is 0 Å². The molecule has 21 heavy (non-hydrogen) atoms. The summed E-state index contributed by atoms with van der Waals surface area (Å²) in [5.74, 6) is 0. The largest absolute Gasteiger partial charge is 0.376 e. The summed E-state index contributed by atoms with van der Waals surface area (Å²) in [5, 5.41) is 1.17. The van der Waals surface area contributed by atoms with Gasteiger partial charge in [-0.15, -0.1) is 0 Å². The zero-order valence-electron chi connectivity index (χ0n) is 12.6. The number of hydrogen-bond acceptors (Lipinski definition) is 4. The standard InChI is InChI=1S/C17H23N3O/c1-20(12-14-6-4-5-9-21-14)17-10-13(11-18)19-16-8-3-2-7-15(16)17/h2-3,7-8,10,14H,4-6,9,11-12,18H2,1H3. The molecule has 0 spiro atoms. The van der Waals surface area contributed by atoms with E-state index in [1.807, 2.05) is 12.1 Å². The molecule has 0 bridgehead atoms. The van der Waals surface area contributed by atoms with Gasteiger partial charge in [-0.2, -0.15) is 0 Å². The van der Waals surface area contributed by atoms with Crippen LogP contribution in [0.2, 0.25) is 0 Å². The maximum Gasteiger partial charge on any atom is 0.0749 e. The molecule has 1 aliphatic rings. The summed E-state index contributed by atoms with van der Waals surface area (Å²) in [4.78, 5) is 6.88. The highest BCUT2D eigenvalue weighted by atomic mass is 16.5. The molecule has 1 fully saturated rings. The van der Waals surface area contributed by atoms with Gasteiger partial charge in [0.05, 0.1) is 17.3 Å². The van der Waals surface area contributed by atoms with Gasteiger partial charge < -0.3 is 15.4 Å². The Kier molecular flexibility index (Phi) is 4.36. The van der Waals surface area contributed by atoms with Gasteiger partial charge in [0, 0.05) is 37.8 Å². The molecule has 0 amide bonds.